The Balaban J connectivity index is 1.93. The minimum atomic E-state index is -0.194. The van der Waals surface area contributed by atoms with E-state index in [1.165, 1.54) is 23.6 Å². The SMILES string of the molecule is CC(=O)c1cccc(N2C(=O)/C(=C/c3ccc(Cl)cc3)SC2=S)c1. The second-order valence-corrected chi connectivity index (χ2v) is 7.29. The zero-order valence-corrected chi connectivity index (χ0v) is 15.0. The van der Waals surface area contributed by atoms with Crippen LogP contribution in [0.5, 0.6) is 0 Å². The molecule has 0 aliphatic carbocycles. The molecule has 3 nitrogen and oxygen atoms in total. The van der Waals surface area contributed by atoms with Crippen LogP contribution in [0.2, 0.25) is 5.02 Å². The zero-order chi connectivity index (χ0) is 17.3. The third-order valence-electron chi connectivity index (χ3n) is 3.47. The Morgan fingerprint density at radius 3 is 2.58 bits per heavy atom. The number of Topliss-reactive ketones (excluding diaryl/α,β-unsaturated/α-hetero) is 1. The van der Waals surface area contributed by atoms with Crippen molar-refractivity contribution in [2.75, 3.05) is 4.90 Å². The van der Waals surface area contributed by atoms with Crippen molar-refractivity contribution in [3.05, 3.63) is 69.6 Å². The highest BCUT2D eigenvalue weighted by atomic mass is 35.5. The molecule has 0 bridgehead atoms. The first-order valence-electron chi connectivity index (χ1n) is 7.10. The second kappa shape index (κ2) is 6.89. The average molecular weight is 374 g/mol. The van der Waals surface area contributed by atoms with Crippen molar-refractivity contribution in [1.82, 2.24) is 0 Å². The van der Waals surface area contributed by atoms with Gasteiger partial charge in [0, 0.05) is 10.6 Å². The van der Waals surface area contributed by atoms with Crippen molar-refractivity contribution in [2.45, 2.75) is 6.92 Å². The molecule has 2 aromatic rings. The fraction of sp³-hybridized carbons (Fsp3) is 0.0556. The average Bonchev–Trinajstić information content (AvgIpc) is 2.83. The largest absolute Gasteiger partial charge is 0.295 e. The van der Waals surface area contributed by atoms with Gasteiger partial charge in [0.1, 0.15) is 0 Å². The van der Waals surface area contributed by atoms with Gasteiger partial charge in [0.25, 0.3) is 5.91 Å². The van der Waals surface area contributed by atoms with Gasteiger partial charge in [-0.3, -0.25) is 14.5 Å². The molecule has 0 unspecified atom stereocenters. The highest BCUT2D eigenvalue weighted by Gasteiger charge is 2.33. The number of hydrogen-bond acceptors (Lipinski definition) is 4. The molecule has 1 saturated heterocycles. The van der Waals surface area contributed by atoms with Gasteiger partial charge in [0.2, 0.25) is 0 Å². The molecule has 0 aromatic heterocycles. The van der Waals surface area contributed by atoms with Gasteiger partial charge in [0.15, 0.2) is 10.1 Å². The van der Waals surface area contributed by atoms with E-state index < -0.39 is 0 Å². The molecular formula is C18H12ClNO2S2. The first kappa shape index (κ1) is 16.9. The predicted octanol–water partition coefficient (Wildman–Crippen LogP) is 4.95. The summed E-state index contributed by atoms with van der Waals surface area (Å²) in [6, 6.07) is 14.1. The van der Waals surface area contributed by atoms with E-state index >= 15 is 0 Å². The number of carbonyl (C=O) groups excluding carboxylic acids is 2. The van der Waals surface area contributed by atoms with Gasteiger partial charge >= 0.3 is 0 Å². The van der Waals surface area contributed by atoms with Gasteiger partial charge in [-0.1, -0.05) is 59.8 Å². The summed E-state index contributed by atoms with van der Waals surface area (Å²) in [5, 5.41) is 0.640. The Labute approximate surface area is 154 Å². The van der Waals surface area contributed by atoms with Crippen molar-refractivity contribution in [2.24, 2.45) is 0 Å². The number of carbonyl (C=O) groups is 2. The maximum Gasteiger partial charge on any atom is 0.270 e. The Kier molecular flexibility index (Phi) is 4.85. The van der Waals surface area contributed by atoms with E-state index in [1.807, 2.05) is 12.1 Å². The highest BCUT2D eigenvalue weighted by molar-refractivity contribution is 8.27. The van der Waals surface area contributed by atoms with Gasteiger partial charge in [-0.2, -0.15) is 0 Å². The molecule has 0 N–H and O–H groups in total. The van der Waals surface area contributed by atoms with Crippen LogP contribution >= 0.6 is 35.6 Å². The lowest BCUT2D eigenvalue weighted by Crippen LogP contribution is -2.27. The van der Waals surface area contributed by atoms with Crippen LogP contribution in [0.15, 0.2) is 53.4 Å². The van der Waals surface area contributed by atoms with Crippen molar-refractivity contribution in [1.29, 1.82) is 0 Å². The fourth-order valence-corrected chi connectivity index (χ4v) is 3.69. The van der Waals surface area contributed by atoms with Crippen LogP contribution in [0.1, 0.15) is 22.8 Å². The van der Waals surface area contributed by atoms with Crippen molar-refractivity contribution >= 4 is 63.4 Å². The van der Waals surface area contributed by atoms with Crippen molar-refractivity contribution in [3.8, 4) is 0 Å². The van der Waals surface area contributed by atoms with Crippen molar-refractivity contribution < 1.29 is 9.59 Å². The summed E-state index contributed by atoms with van der Waals surface area (Å²) in [4.78, 5) is 26.2. The number of ketones is 1. The molecule has 0 atom stereocenters. The van der Waals surface area contributed by atoms with E-state index in [9.17, 15) is 9.59 Å². The van der Waals surface area contributed by atoms with Crippen LogP contribution in [0.4, 0.5) is 5.69 Å². The third-order valence-corrected chi connectivity index (χ3v) is 5.03. The molecule has 1 aliphatic rings. The Hall–Kier alpha value is -1.95. The van der Waals surface area contributed by atoms with Crippen LogP contribution in [-0.4, -0.2) is 16.0 Å². The fourth-order valence-electron chi connectivity index (χ4n) is 2.26. The van der Waals surface area contributed by atoms with E-state index in [1.54, 1.807) is 42.5 Å². The number of nitrogens with zero attached hydrogens (tertiary/aromatic N) is 1. The zero-order valence-electron chi connectivity index (χ0n) is 12.7. The Bertz CT molecular complexity index is 875. The normalized spacial score (nSPS) is 16.1. The Morgan fingerprint density at radius 1 is 1.21 bits per heavy atom. The van der Waals surface area contributed by atoms with E-state index in [0.717, 1.165) is 5.56 Å². The maximum atomic E-state index is 12.7. The van der Waals surface area contributed by atoms with Crippen LogP contribution in [0.25, 0.3) is 6.08 Å². The number of rotatable bonds is 3. The first-order valence-corrected chi connectivity index (χ1v) is 8.70. The van der Waals surface area contributed by atoms with Gasteiger partial charge in [-0.25, -0.2) is 0 Å². The summed E-state index contributed by atoms with van der Waals surface area (Å²) in [5.74, 6) is -0.250. The minimum absolute atomic E-state index is 0.0565. The molecule has 6 heteroatoms. The van der Waals surface area contributed by atoms with Gasteiger partial charge in [0.05, 0.1) is 10.6 Å². The summed E-state index contributed by atoms with van der Waals surface area (Å²) >= 11 is 12.5. The number of thioether (sulfide) groups is 1. The molecule has 3 rings (SSSR count). The maximum absolute atomic E-state index is 12.7. The molecular weight excluding hydrogens is 362 g/mol. The molecule has 1 amide bonds. The first-order chi connectivity index (χ1) is 11.5. The molecule has 1 aliphatic heterocycles. The molecule has 0 saturated carbocycles. The summed E-state index contributed by atoms with van der Waals surface area (Å²) < 4.78 is 0.445. The van der Waals surface area contributed by atoms with Crippen molar-refractivity contribution in [3.63, 3.8) is 0 Å². The lowest BCUT2D eigenvalue weighted by atomic mass is 10.1. The van der Waals surface area contributed by atoms with Crippen LogP contribution in [0, 0.1) is 0 Å². The standard InChI is InChI=1S/C18H12ClNO2S2/c1-11(21)13-3-2-4-15(10-13)20-17(22)16(24-18(20)23)9-12-5-7-14(19)8-6-12/h2-10H,1H3/b16-9-. The summed E-state index contributed by atoms with van der Waals surface area (Å²) in [5.41, 5.74) is 2.02. The van der Waals surface area contributed by atoms with Gasteiger partial charge < -0.3 is 0 Å². The summed E-state index contributed by atoms with van der Waals surface area (Å²) in [6.07, 6.45) is 1.78. The lowest BCUT2D eigenvalue weighted by molar-refractivity contribution is -0.113. The third kappa shape index (κ3) is 3.43. The quantitative estimate of drug-likeness (QED) is 0.433. The molecule has 2 aromatic carbocycles. The number of benzene rings is 2. The molecule has 0 radical (unpaired) electrons. The van der Waals surface area contributed by atoms with Crippen LogP contribution in [-0.2, 0) is 4.79 Å². The van der Waals surface area contributed by atoms with E-state index in [2.05, 4.69) is 0 Å². The topological polar surface area (TPSA) is 37.4 Å². The molecule has 0 spiro atoms. The number of thiocarbonyl (C=S) groups is 1. The van der Waals surface area contributed by atoms with Crippen LogP contribution < -0.4 is 4.90 Å². The monoisotopic (exact) mass is 373 g/mol. The molecule has 120 valence electrons. The van der Waals surface area contributed by atoms with Crippen LogP contribution in [0.3, 0.4) is 0 Å². The summed E-state index contributed by atoms with van der Waals surface area (Å²) in [6.45, 7) is 1.49. The molecule has 1 heterocycles. The molecule has 24 heavy (non-hydrogen) atoms. The van der Waals surface area contributed by atoms with Gasteiger partial charge in [-0.05, 0) is 42.8 Å². The smallest absolute Gasteiger partial charge is 0.270 e. The number of amides is 1. The number of halogens is 1. The molecule has 1 fully saturated rings. The second-order valence-electron chi connectivity index (χ2n) is 5.18. The number of anilines is 1. The minimum Gasteiger partial charge on any atom is -0.295 e. The summed E-state index contributed by atoms with van der Waals surface area (Å²) in [7, 11) is 0. The lowest BCUT2D eigenvalue weighted by Gasteiger charge is -2.15. The van der Waals surface area contributed by atoms with E-state index in [4.69, 9.17) is 23.8 Å². The highest BCUT2D eigenvalue weighted by Crippen LogP contribution is 2.36. The van der Waals surface area contributed by atoms with E-state index in [-0.39, 0.29) is 11.7 Å². The van der Waals surface area contributed by atoms with Gasteiger partial charge in [-0.15, -0.1) is 0 Å². The van der Waals surface area contributed by atoms with E-state index in [0.29, 0.717) is 25.5 Å². The number of hydrogen-bond donors (Lipinski definition) is 0. The predicted molar refractivity (Wildman–Crippen MR) is 104 cm³/mol. The Morgan fingerprint density at radius 2 is 1.92 bits per heavy atom.